The molecule has 0 radical (unpaired) electrons. The number of benzene rings is 1. The Kier molecular flexibility index (Phi) is 5.75. The zero-order chi connectivity index (χ0) is 17.1. The van der Waals surface area contributed by atoms with E-state index in [2.05, 4.69) is 26.6 Å². The van der Waals surface area contributed by atoms with Crippen LogP contribution in [0.3, 0.4) is 0 Å². The fourth-order valence-electron chi connectivity index (χ4n) is 2.60. The van der Waals surface area contributed by atoms with E-state index in [1.54, 1.807) is 17.0 Å². The summed E-state index contributed by atoms with van der Waals surface area (Å²) in [5, 5.41) is 6.57. The number of nitrogens with zero attached hydrogens (tertiary/aromatic N) is 1. The summed E-state index contributed by atoms with van der Waals surface area (Å²) in [6.07, 6.45) is 0. The molecule has 0 saturated carbocycles. The first kappa shape index (κ1) is 17.9. The second-order valence-corrected chi connectivity index (χ2v) is 6.48. The molecule has 0 aromatic heterocycles. The highest BCUT2D eigenvalue weighted by Gasteiger charge is 2.32. The van der Waals surface area contributed by atoms with E-state index in [4.69, 9.17) is 12.2 Å². The molecule has 0 aliphatic carbocycles. The van der Waals surface area contributed by atoms with Gasteiger partial charge in [-0.15, -0.1) is 0 Å². The van der Waals surface area contributed by atoms with E-state index < -0.39 is 6.04 Å². The number of allylic oxidation sites excluding steroid dienone is 1. The third-order valence-corrected chi connectivity index (χ3v) is 4.65. The molecule has 124 valence electrons. The molecular weight excluding hydrogens is 381 g/mol. The Balaban J connectivity index is 2.49. The predicted octanol–water partition coefficient (Wildman–Crippen LogP) is 3.25. The minimum absolute atomic E-state index is 0.0551. The molecule has 23 heavy (non-hydrogen) atoms. The Morgan fingerprint density at radius 1 is 1.39 bits per heavy atom. The van der Waals surface area contributed by atoms with Crippen molar-refractivity contribution in [3.63, 3.8) is 0 Å². The van der Waals surface area contributed by atoms with E-state index in [0.717, 1.165) is 11.3 Å². The molecule has 1 amide bonds. The number of halogens is 2. The number of rotatable bonds is 4. The summed E-state index contributed by atoms with van der Waals surface area (Å²) in [6, 6.07) is 4.30. The zero-order valence-corrected chi connectivity index (χ0v) is 15.6. The molecule has 4 nitrogen and oxygen atoms in total. The molecule has 0 spiro atoms. The van der Waals surface area contributed by atoms with Gasteiger partial charge in [-0.1, -0.05) is 6.07 Å². The van der Waals surface area contributed by atoms with Gasteiger partial charge in [0.05, 0.1) is 16.1 Å². The third kappa shape index (κ3) is 3.72. The first-order valence-corrected chi connectivity index (χ1v) is 8.61. The van der Waals surface area contributed by atoms with Gasteiger partial charge in [-0.3, -0.25) is 4.79 Å². The van der Waals surface area contributed by atoms with Crippen LogP contribution in [0, 0.1) is 5.82 Å². The maximum atomic E-state index is 13.5. The molecule has 1 atom stereocenters. The third-order valence-electron chi connectivity index (χ3n) is 3.83. The summed E-state index contributed by atoms with van der Waals surface area (Å²) in [4.78, 5) is 14.6. The Morgan fingerprint density at radius 2 is 2.04 bits per heavy atom. The van der Waals surface area contributed by atoms with Crippen molar-refractivity contribution in [3.05, 3.63) is 45.3 Å². The van der Waals surface area contributed by atoms with Crippen LogP contribution >= 0.6 is 28.1 Å². The van der Waals surface area contributed by atoms with Crippen molar-refractivity contribution < 1.29 is 9.18 Å². The number of hydrogen-bond acceptors (Lipinski definition) is 2. The Labute approximate surface area is 149 Å². The lowest BCUT2D eigenvalue weighted by Crippen LogP contribution is -2.47. The maximum Gasteiger partial charge on any atom is 0.253 e. The fourth-order valence-corrected chi connectivity index (χ4v) is 3.27. The minimum Gasteiger partial charge on any atom is -0.351 e. The van der Waals surface area contributed by atoms with Crippen molar-refractivity contribution in [2.24, 2.45) is 0 Å². The average Bonchev–Trinajstić information content (AvgIpc) is 2.50. The average molecular weight is 400 g/mol. The molecule has 0 bridgehead atoms. The van der Waals surface area contributed by atoms with Crippen molar-refractivity contribution in [1.82, 2.24) is 15.5 Å². The molecule has 1 aromatic rings. The van der Waals surface area contributed by atoms with Crippen LogP contribution in [0.25, 0.3) is 0 Å². The standard InChI is InChI=1S/C16H19BrFN3OS/c1-4-21(5-2)15(22)13-9(3)19-16(23)20-14(13)10-6-7-12(18)11(17)8-10/h6-8,14H,4-5H2,1-3H3,(H2,19,20,23)/t14-/m1/s1. The number of carbonyl (C=O) groups excluding carboxylic acids is 1. The number of thiocarbonyl (C=S) groups is 1. The van der Waals surface area contributed by atoms with Gasteiger partial charge in [-0.05, 0) is 66.6 Å². The molecule has 0 saturated heterocycles. The van der Waals surface area contributed by atoms with Crippen LogP contribution in [0.5, 0.6) is 0 Å². The zero-order valence-electron chi connectivity index (χ0n) is 13.2. The molecular formula is C16H19BrFN3OS. The molecule has 1 heterocycles. The summed E-state index contributed by atoms with van der Waals surface area (Å²) in [5.74, 6) is -0.400. The largest absolute Gasteiger partial charge is 0.351 e. The number of nitrogens with one attached hydrogen (secondary N) is 2. The lowest BCUT2D eigenvalue weighted by molar-refractivity contribution is -0.127. The predicted molar refractivity (Wildman–Crippen MR) is 96.3 cm³/mol. The van der Waals surface area contributed by atoms with Crippen molar-refractivity contribution in [3.8, 4) is 0 Å². The van der Waals surface area contributed by atoms with E-state index in [1.165, 1.54) is 6.07 Å². The number of likely N-dealkylation sites (N-methyl/N-ethyl adjacent to an activating group) is 1. The summed E-state index contributed by atoms with van der Waals surface area (Å²) < 4.78 is 13.9. The normalized spacial score (nSPS) is 17.6. The molecule has 0 fully saturated rings. The lowest BCUT2D eigenvalue weighted by atomic mass is 9.94. The Bertz CT molecular complexity index is 673. The highest BCUT2D eigenvalue weighted by Crippen LogP contribution is 2.30. The van der Waals surface area contributed by atoms with Gasteiger partial charge in [0.25, 0.3) is 5.91 Å². The van der Waals surface area contributed by atoms with Crippen LogP contribution < -0.4 is 10.6 Å². The van der Waals surface area contributed by atoms with Gasteiger partial charge in [-0.25, -0.2) is 4.39 Å². The minimum atomic E-state index is -0.409. The van der Waals surface area contributed by atoms with Gasteiger partial charge in [0.2, 0.25) is 0 Å². The summed E-state index contributed by atoms with van der Waals surface area (Å²) >= 11 is 8.41. The van der Waals surface area contributed by atoms with E-state index >= 15 is 0 Å². The number of carbonyl (C=O) groups is 1. The second kappa shape index (κ2) is 7.40. The topological polar surface area (TPSA) is 44.4 Å². The quantitative estimate of drug-likeness (QED) is 0.762. The molecule has 7 heteroatoms. The van der Waals surface area contributed by atoms with Crippen LogP contribution in [0.2, 0.25) is 0 Å². The monoisotopic (exact) mass is 399 g/mol. The van der Waals surface area contributed by atoms with Crippen molar-refractivity contribution in [1.29, 1.82) is 0 Å². The van der Waals surface area contributed by atoms with Crippen molar-refractivity contribution in [2.45, 2.75) is 26.8 Å². The lowest BCUT2D eigenvalue weighted by Gasteiger charge is -2.33. The first-order chi connectivity index (χ1) is 10.9. The van der Waals surface area contributed by atoms with Gasteiger partial charge in [-0.2, -0.15) is 0 Å². The van der Waals surface area contributed by atoms with Crippen LogP contribution in [-0.2, 0) is 4.79 Å². The van der Waals surface area contributed by atoms with E-state index in [1.807, 2.05) is 20.8 Å². The SMILES string of the molecule is CCN(CC)C(=O)C1=C(C)NC(=S)N[C@@H]1c1ccc(F)c(Br)c1. The fraction of sp³-hybridized carbons (Fsp3) is 0.375. The number of hydrogen-bond donors (Lipinski definition) is 2. The van der Waals surface area contributed by atoms with Crippen LogP contribution in [0.15, 0.2) is 33.9 Å². The molecule has 1 aromatic carbocycles. The summed E-state index contributed by atoms with van der Waals surface area (Å²) in [7, 11) is 0. The van der Waals surface area contributed by atoms with Gasteiger partial charge >= 0.3 is 0 Å². The maximum absolute atomic E-state index is 13.5. The van der Waals surface area contributed by atoms with E-state index in [-0.39, 0.29) is 11.7 Å². The van der Waals surface area contributed by atoms with Gasteiger partial charge < -0.3 is 15.5 Å². The highest BCUT2D eigenvalue weighted by atomic mass is 79.9. The second-order valence-electron chi connectivity index (χ2n) is 5.22. The highest BCUT2D eigenvalue weighted by molar-refractivity contribution is 9.10. The summed E-state index contributed by atoms with van der Waals surface area (Å²) in [6.45, 7) is 6.95. The Morgan fingerprint density at radius 3 is 2.61 bits per heavy atom. The van der Waals surface area contributed by atoms with Crippen LogP contribution in [0.4, 0.5) is 4.39 Å². The number of amides is 1. The van der Waals surface area contributed by atoms with Crippen LogP contribution in [0.1, 0.15) is 32.4 Å². The van der Waals surface area contributed by atoms with Gasteiger partial charge in [0.1, 0.15) is 5.82 Å². The Hall–Kier alpha value is -1.47. The van der Waals surface area contributed by atoms with Gasteiger partial charge in [0, 0.05) is 18.8 Å². The molecule has 1 aliphatic heterocycles. The smallest absolute Gasteiger partial charge is 0.253 e. The molecule has 2 N–H and O–H groups in total. The first-order valence-electron chi connectivity index (χ1n) is 7.41. The molecule has 0 unspecified atom stereocenters. The van der Waals surface area contributed by atoms with Gasteiger partial charge in [0.15, 0.2) is 5.11 Å². The van der Waals surface area contributed by atoms with E-state index in [0.29, 0.717) is 28.2 Å². The van der Waals surface area contributed by atoms with Crippen molar-refractivity contribution >= 4 is 39.2 Å². The van der Waals surface area contributed by atoms with Crippen molar-refractivity contribution in [2.75, 3.05) is 13.1 Å². The summed E-state index contributed by atoms with van der Waals surface area (Å²) in [5.41, 5.74) is 2.09. The van der Waals surface area contributed by atoms with Crippen LogP contribution in [-0.4, -0.2) is 29.0 Å². The van der Waals surface area contributed by atoms with E-state index in [9.17, 15) is 9.18 Å². The molecule has 2 rings (SSSR count). The molecule has 1 aliphatic rings.